The number of nitrogens with zero attached hydrogens (tertiary/aromatic N) is 1. The van der Waals surface area contributed by atoms with Crippen LogP contribution in [-0.2, 0) is 6.54 Å². The standard InChI is InChI=1S/C17H28N2/c1-13(2)10-16-11-18-8-9-19(16)12-17-14(3)6-5-7-15(17)4/h5-7,13,16,18H,8-12H2,1-4H3. The van der Waals surface area contributed by atoms with E-state index < -0.39 is 0 Å². The summed E-state index contributed by atoms with van der Waals surface area (Å²) in [4.78, 5) is 2.67. The maximum Gasteiger partial charge on any atom is 0.0243 e. The van der Waals surface area contributed by atoms with Crippen molar-refractivity contribution < 1.29 is 0 Å². The van der Waals surface area contributed by atoms with Crippen molar-refractivity contribution in [3.8, 4) is 0 Å². The van der Waals surface area contributed by atoms with Crippen molar-refractivity contribution in [1.82, 2.24) is 10.2 Å². The number of nitrogens with one attached hydrogen (secondary N) is 1. The van der Waals surface area contributed by atoms with E-state index in [0.717, 1.165) is 25.6 Å². The minimum atomic E-state index is 0.688. The van der Waals surface area contributed by atoms with E-state index in [2.05, 4.69) is 56.1 Å². The van der Waals surface area contributed by atoms with Crippen LogP contribution in [0.3, 0.4) is 0 Å². The van der Waals surface area contributed by atoms with Gasteiger partial charge in [0.25, 0.3) is 0 Å². The Kier molecular flexibility index (Phi) is 5.00. The Morgan fingerprint density at radius 3 is 2.58 bits per heavy atom. The van der Waals surface area contributed by atoms with Crippen molar-refractivity contribution in [1.29, 1.82) is 0 Å². The van der Waals surface area contributed by atoms with Crippen LogP contribution in [0.15, 0.2) is 18.2 Å². The van der Waals surface area contributed by atoms with Gasteiger partial charge in [-0.2, -0.15) is 0 Å². The maximum absolute atomic E-state index is 3.54. The highest BCUT2D eigenvalue weighted by molar-refractivity contribution is 5.33. The Hall–Kier alpha value is -0.860. The SMILES string of the molecule is Cc1cccc(C)c1CN1CCNCC1CC(C)C. The van der Waals surface area contributed by atoms with E-state index in [9.17, 15) is 0 Å². The first kappa shape index (κ1) is 14.5. The highest BCUT2D eigenvalue weighted by atomic mass is 15.2. The summed E-state index contributed by atoms with van der Waals surface area (Å²) in [5.41, 5.74) is 4.39. The third kappa shape index (κ3) is 3.80. The van der Waals surface area contributed by atoms with E-state index in [0.29, 0.717) is 6.04 Å². The van der Waals surface area contributed by atoms with Gasteiger partial charge in [-0.25, -0.2) is 0 Å². The molecule has 19 heavy (non-hydrogen) atoms. The molecule has 0 aliphatic carbocycles. The van der Waals surface area contributed by atoms with Gasteiger partial charge in [-0.3, -0.25) is 4.90 Å². The van der Waals surface area contributed by atoms with Gasteiger partial charge in [0.05, 0.1) is 0 Å². The molecule has 0 amide bonds. The van der Waals surface area contributed by atoms with Gasteiger partial charge in [-0.15, -0.1) is 0 Å². The summed E-state index contributed by atoms with van der Waals surface area (Å²) in [6.07, 6.45) is 1.29. The number of piperazine rings is 1. The fraction of sp³-hybridized carbons (Fsp3) is 0.647. The van der Waals surface area contributed by atoms with Crippen LogP contribution in [-0.4, -0.2) is 30.6 Å². The van der Waals surface area contributed by atoms with Crippen LogP contribution >= 0.6 is 0 Å². The molecule has 1 saturated heterocycles. The molecule has 0 spiro atoms. The molecule has 1 unspecified atom stereocenters. The van der Waals surface area contributed by atoms with E-state index in [4.69, 9.17) is 0 Å². The van der Waals surface area contributed by atoms with Crippen LogP contribution in [0, 0.1) is 19.8 Å². The molecular formula is C17H28N2. The Labute approximate surface area is 118 Å². The van der Waals surface area contributed by atoms with E-state index in [1.165, 1.54) is 29.7 Å². The summed E-state index contributed by atoms with van der Waals surface area (Å²) in [5.74, 6) is 0.769. The fourth-order valence-corrected chi connectivity index (χ4v) is 3.09. The van der Waals surface area contributed by atoms with Crippen molar-refractivity contribution in [2.45, 2.75) is 46.7 Å². The van der Waals surface area contributed by atoms with Crippen LogP contribution in [0.25, 0.3) is 0 Å². The molecule has 0 saturated carbocycles. The minimum absolute atomic E-state index is 0.688. The predicted molar refractivity (Wildman–Crippen MR) is 82.4 cm³/mol. The van der Waals surface area contributed by atoms with Crippen molar-refractivity contribution in [3.63, 3.8) is 0 Å². The van der Waals surface area contributed by atoms with Crippen molar-refractivity contribution >= 4 is 0 Å². The van der Waals surface area contributed by atoms with E-state index in [1.54, 1.807) is 0 Å². The molecule has 2 heteroatoms. The van der Waals surface area contributed by atoms with Crippen LogP contribution in [0.2, 0.25) is 0 Å². The second-order valence-electron chi connectivity index (χ2n) is 6.33. The van der Waals surface area contributed by atoms with Crippen molar-refractivity contribution in [3.05, 3.63) is 34.9 Å². The van der Waals surface area contributed by atoms with E-state index >= 15 is 0 Å². The first-order chi connectivity index (χ1) is 9.08. The topological polar surface area (TPSA) is 15.3 Å². The number of benzene rings is 1. The van der Waals surface area contributed by atoms with Gasteiger partial charge >= 0.3 is 0 Å². The Balaban J connectivity index is 2.11. The number of aryl methyl sites for hydroxylation is 2. The van der Waals surface area contributed by atoms with E-state index in [-0.39, 0.29) is 0 Å². The van der Waals surface area contributed by atoms with Crippen LogP contribution in [0.4, 0.5) is 0 Å². The first-order valence-electron chi connectivity index (χ1n) is 7.57. The lowest BCUT2D eigenvalue weighted by Crippen LogP contribution is -2.51. The van der Waals surface area contributed by atoms with Crippen molar-refractivity contribution in [2.24, 2.45) is 5.92 Å². The first-order valence-corrected chi connectivity index (χ1v) is 7.57. The van der Waals surface area contributed by atoms with Crippen LogP contribution < -0.4 is 5.32 Å². The monoisotopic (exact) mass is 260 g/mol. The second-order valence-corrected chi connectivity index (χ2v) is 6.33. The molecule has 0 bridgehead atoms. The summed E-state index contributed by atoms with van der Waals surface area (Å²) in [6.45, 7) is 13.7. The minimum Gasteiger partial charge on any atom is -0.314 e. The molecule has 2 nitrogen and oxygen atoms in total. The second kappa shape index (κ2) is 6.53. The smallest absolute Gasteiger partial charge is 0.0243 e. The molecule has 2 rings (SSSR count). The van der Waals surface area contributed by atoms with Gasteiger partial charge in [0, 0.05) is 32.2 Å². The van der Waals surface area contributed by atoms with Gasteiger partial charge in [-0.1, -0.05) is 32.0 Å². The highest BCUT2D eigenvalue weighted by Gasteiger charge is 2.23. The molecular weight excluding hydrogens is 232 g/mol. The third-order valence-corrected chi connectivity index (χ3v) is 4.22. The molecule has 1 fully saturated rings. The zero-order valence-corrected chi connectivity index (χ0v) is 12.9. The fourth-order valence-electron chi connectivity index (χ4n) is 3.09. The lowest BCUT2D eigenvalue weighted by Gasteiger charge is -2.37. The molecule has 1 N–H and O–H groups in total. The number of hydrogen-bond donors (Lipinski definition) is 1. The van der Waals surface area contributed by atoms with Crippen LogP contribution in [0.5, 0.6) is 0 Å². The van der Waals surface area contributed by atoms with Gasteiger partial charge < -0.3 is 5.32 Å². The summed E-state index contributed by atoms with van der Waals surface area (Å²) < 4.78 is 0. The Morgan fingerprint density at radius 2 is 1.95 bits per heavy atom. The van der Waals surface area contributed by atoms with Gasteiger partial charge in [0.1, 0.15) is 0 Å². The molecule has 1 aliphatic heterocycles. The highest BCUT2D eigenvalue weighted by Crippen LogP contribution is 2.20. The summed E-state index contributed by atoms with van der Waals surface area (Å²) in [7, 11) is 0. The summed E-state index contributed by atoms with van der Waals surface area (Å²) in [5, 5.41) is 3.54. The van der Waals surface area contributed by atoms with E-state index in [1.807, 2.05) is 0 Å². The quantitative estimate of drug-likeness (QED) is 0.895. The average molecular weight is 260 g/mol. The molecule has 1 aliphatic rings. The summed E-state index contributed by atoms with van der Waals surface area (Å²) >= 11 is 0. The summed E-state index contributed by atoms with van der Waals surface area (Å²) in [6, 6.07) is 7.33. The molecule has 1 heterocycles. The lowest BCUT2D eigenvalue weighted by atomic mass is 9.98. The number of rotatable bonds is 4. The average Bonchev–Trinajstić information content (AvgIpc) is 2.35. The molecule has 0 aromatic heterocycles. The normalized spacial score (nSPS) is 21.0. The maximum atomic E-state index is 3.54. The Bertz CT molecular complexity index is 391. The lowest BCUT2D eigenvalue weighted by molar-refractivity contribution is 0.134. The Morgan fingerprint density at radius 1 is 1.26 bits per heavy atom. The largest absolute Gasteiger partial charge is 0.314 e. The van der Waals surface area contributed by atoms with Gasteiger partial charge in [-0.05, 0) is 42.9 Å². The number of hydrogen-bond acceptors (Lipinski definition) is 2. The molecule has 1 aromatic carbocycles. The molecule has 1 aromatic rings. The zero-order valence-electron chi connectivity index (χ0n) is 12.9. The predicted octanol–water partition coefficient (Wildman–Crippen LogP) is 3.12. The van der Waals surface area contributed by atoms with Gasteiger partial charge in [0.15, 0.2) is 0 Å². The van der Waals surface area contributed by atoms with Crippen LogP contribution in [0.1, 0.15) is 37.0 Å². The molecule has 1 atom stereocenters. The van der Waals surface area contributed by atoms with Crippen molar-refractivity contribution in [2.75, 3.05) is 19.6 Å². The zero-order chi connectivity index (χ0) is 13.8. The third-order valence-electron chi connectivity index (χ3n) is 4.22. The van der Waals surface area contributed by atoms with Gasteiger partial charge in [0.2, 0.25) is 0 Å². The molecule has 0 radical (unpaired) electrons. The molecule has 106 valence electrons.